The Bertz CT molecular complexity index is 1130. The van der Waals surface area contributed by atoms with Crippen LogP contribution >= 0.6 is 0 Å². The molecule has 0 N–H and O–H groups in total. The van der Waals surface area contributed by atoms with Crippen LogP contribution in [0.5, 0.6) is 5.75 Å². The number of ether oxygens (including phenoxy) is 2. The van der Waals surface area contributed by atoms with Crippen molar-refractivity contribution < 1.29 is 19.1 Å². The first-order valence-corrected chi connectivity index (χ1v) is 15.7. The lowest BCUT2D eigenvalue weighted by Crippen LogP contribution is -2.34. The van der Waals surface area contributed by atoms with Crippen molar-refractivity contribution in [2.24, 2.45) is 11.8 Å². The summed E-state index contributed by atoms with van der Waals surface area (Å²) < 4.78 is 11.5. The Kier molecular flexibility index (Phi) is 9.47. The Hall–Kier alpha value is -2.62. The van der Waals surface area contributed by atoms with Crippen LogP contribution in [-0.2, 0) is 25.2 Å². The molecule has 0 aliphatic heterocycles. The molecule has 0 heterocycles. The SMILES string of the molecule is CCC(C)(C)OC(=O)C1CCC(C(=O)Oc2ccc(C3(c4ccc(C(C)(C)CC)cc4)CCCCC3)cc2)CC1. The zero-order valence-electron chi connectivity index (χ0n) is 25.7. The summed E-state index contributed by atoms with van der Waals surface area (Å²) >= 11 is 0. The highest BCUT2D eigenvalue weighted by Gasteiger charge is 2.37. The molecule has 40 heavy (non-hydrogen) atoms. The van der Waals surface area contributed by atoms with Crippen LogP contribution in [0.25, 0.3) is 0 Å². The van der Waals surface area contributed by atoms with Crippen molar-refractivity contribution in [1.29, 1.82) is 0 Å². The van der Waals surface area contributed by atoms with E-state index >= 15 is 0 Å². The smallest absolute Gasteiger partial charge is 0.314 e. The van der Waals surface area contributed by atoms with Gasteiger partial charge in [-0.2, -0.15) is 0 Å². The Morgan fingerprint density at radius 2 is 1.23 bits per heavy atom. The molecular weight excluding hydrogens is 496 g/mol. The molecule has 2 fully saturated rings. The second kappa shape index (κ2) is 12.5. The first-order valence-electron chi connectivity index (χ1n) is 15.7. The molecule has 0 aromatic heterocycles. The number of rotatable bonds is 9. The first-order chi connectivity index (χ1) is 19.0. The van der Waals surface area contributed by atoms with Crippen LogP contribution in [0.1, 0.15) is 129 Å². The van der Waals surface area contributed by atoms with Gasteiger partial charge in [-0.1, -0.05) is 83.4 Å². The highest BCUT2D eigenvalue weighted by atomic mass is 16.6. The standard InChI is InChI=1S/C36H50O4/c1-7-34(3,4)28-16-18-29(19-17-28)36(24-10-9-11-25-36)30-20-22-31(23-21-30)39-32(37)26-12-14-27(15-13-26)33(38)40-35(5,6)8-2/h16-23,26-27H,7-15,24-25H2,1-6H3. The second-order valence-electron chi connectivity index (χ2n) is 13.5. The van der Waals surface area contributed by atoms with Gasteiger partial charge in [-0.05, 0) is 99.5 Å². The van der Waals surface area contributed by atoms with Gasteiger partial charge in [-0.25, -0.2) is 0 Å². The van der Waals surface area contributed by atoms with Crippen molar-refractivity contribution in [3.05, 3.63) is 65.2 Å². The normalized spacial score (nSPS) is 21.4. The lowest BCUT2D eigenvalue weighted by Gasteiger charge is -2.39. The molecule has 0 atom stereocenters. The molecule has 0 amide bonds. The number of carbonyl (C=O) groups is 2. The predicted molar refractivity (Wildman–Crippen MR) is 162 cm³/mol. The molecule has 0 unspecified atom stereocenters. The van der Waals surface area contributed by atoms with Crippen molar-refractivity contribution in [1.82, 2.24) is 0 Å². The molecule has 2 aromatic carbocycles. The van der Waals surface area contributed by atoms with Crippen molar-refractivity contribution in [2.45, 2.75) is 129 Å². The molecule has 4 rings (SSSR count). The van der Waals surface area contributed by atoms with E-state index in [-0.39, 0.29) is 34.6 Å². The van der Waals surface area contributed by atoms with Crippen molar-refractivity contribution >= 4 is 11.9 Å². The summed E-state index contributed by atoms with van der Waals surface area (Å²) in [5.41, 5.74) is 3.84. The Morgan fingerprint density at radius 3 is 1.73 bits per heavy atom. The van der Waals surface area contributed by atoms with Gasteiger partial charge >= 0.3 is 11.9 Å². The van der Waals surface area contributed by atoms with Gasteiger partial charge in [0, 0.05) is 5.41 Å². The summed E-state index contributed by atoms with van der Waals surface area (Å²) in [5.74, 6) is -0.00278. The summed E-state index contributed by atoms with van der Waals surface area (Å²) in [6.45, 7) is 12.8. The average Bonchev–Trinajstić information content (AvgIpc) is 2.97. The van der Waals surface area contributed by atoms with Gasteiger partial charge in [-0.15, -0.1) is 0 Å². The van der Waals surface area contributed by atoms with Crippen LogP contribution in [0.3, 0.4) is 0 Å². The molecule has 4 nitrogen and oxygen atoms in total. The molecule has 0 bridgehead atoms. The number of benzene rings is 2. The quantitative estimate of drug-likeness (QED) is 0.232. The van der Waals surface area contributed by atoms with Crippen LogP contribution < -0.4 is 4.74 Å². The van der Waals surface area contributed by atoms with Crippen molar-refractivity contribution in [3.8, 4) is 5.75 Å². The molecule has 2 aromatic rings. The zero-order valence-corrected chi connectivity index (χ0v) is 25.7. The van der Waals surface area contributed by atoms with E-state index in [0.717, 1.165) is 25.7 Å². The van der Waals surface area contributed by atoms with Gasteiger partial charge in [0.05, 0.1) is 11.8 Å². The molecule has 2 aliphatic rings. The number of carbonyl (C=O) groups excluding carboxylic acids is 2. The number of hydrogen-bond donors (Lipinski definition) is 0. The van der Waals surface area contributed by atoms with Crippen molar-refractivity contribution in [3.63, 3.8) is 0 Å². The van der Waals surface area contributed by atoms with Crippen LogP contribution in [-0.4, -0.2) is 17.5 Å². The van der Waals surface area contributed by atoms with Gasteiger partial charge in [0.1, 0.15) is 11.4 Å². The maximum atomic E-state index is 13.0. The monoisotopic (exact) mass is 546 g/mol. The third-order valence-corrected chi connectivity index (χ3v) is 10.1. The Labute approximate surface area is 242 Å². The minimum Gasteiger partial charge on any atom is -0.459 e. The zero-order chi connectivity index (χ0) is 29.0. The maximum Gasteiger partial charge on any atom is 0.314 e. The molecule has 0 saturated heterocycles. The van der Waals surface area contributed by atoms with Crippen LogP contribution in [0.15, 0.2) is 48.5 Å². The van der Waals surface area contributed by atoms with Gasteiger partial charge in [0.25, 0.3) is 0 Å². The third kappa shape index (κ3) is 6.81. The molecule has 4 heteroatoms. The van der Waals surface area contributed by atoms with E-state index in [9.17, 15) is 9.59 Å². The van der Waals surface area contributed by atoms with E-state index in [1.165, 1.54) is 36.0 Å². The molecule has 0 spiro atoms. The fourth-order valence-corrected chi connectivity index (χ4v) is 6.38. The molecule has 2 saturated carbocycles. The highest BCUT2D eigenvalue weighted by molar-refractivity contribution is 5.77. The van der Waals surface area contributed by atoms with E-state index in [1.807, 2.05) is 32.9 Å². The largest absolute Gasteiger partial charge is 0.459 e. The summed E-state index contributed by atoms with van der Waals surface area (Å²) in [6, 6.07) is 17.6. The fourth-order valence-electron chi connectivity index (χ4n) is 6.38. The van der Waals surface area contributed by atoms with Crippen LogP contribution in [0.4, 0.5) is 0 Å². The first kappa shape index (κ1) is 30.3. The molecule has 2 aliphatic carbocycles. The van der Waals surface area contributed by atoms with E-state index < -0.39 is 5.60 Å². The Balaban J connectivity index is 1.40. The summed E-state index contributed by atoms with van der Waals surface area (Å²) in [7, 11) is 0. The summed E-state index contributed by atoms with van der Waals surface area (Å²) in [4.78, 5) is 25.6. The van der Waals surface area contributed by atoms with Gasteiger partial charge in [-0.3, -0.25) is 9.59 Å². The second-order valence-corrected chi connectivity index (χ2v) is 13.5. The summed E-state index contributed by atoms with van der Waals surface area (Å²) in [5, 5.41) is 0. The lowest BCUT2D eigenvalue weighted by atomic mass is 9.65. The highest BCUT2D eigenvalue weighted by Crippen LogP contribution is 2.46. The number of esters is 2. The summed E-state index contributed by atoms with van der Waals surface area (Å²) in [6.07, 6.45) is 10.6. The third-order valence-electron chi connectivity index (χ3n) is 10.1. The van der Waals surface area contributed by atoms with Crippen molar-refractivity contribution in [2.75, 3.05) is 0 Å². The lowest BCUT2D eigenvalue weighted by molar-refractivity contribution is -0.164. The van der Waals surface area contributed by atoms with Gasteiger partial charge in [0.15, 0.2) is 0 Å². The molecular formula is C36H50O4. The predicted octanol–water partition coefficient (Wildman–Crippen LogP) is 9.07. The number of hydrogen-bond acceptors (Lipinski definition) is 4. The molecule has 0 radical (unpaired) electrons. The van der Waals surface area contributed by atoms with Gasteiger partial charge < -0.3 is 9.47 Å². The van der Waals surface area contributed by atoms with Crippen LogP contribution in [0.2, 0.25) is 0 Å². The maximum absolute atomic E-state index is 13.0. The fraction of sp³-hybridized carbons (Fsp3) is 0.611. The van der Waals surface area contributed by atoms with E-state index in [1.54, 1.807) is 0 Å². The minimum atomic E-state index is -0.440. The average molecular weight is 547 g/mol. The van der Waals surface area contributed by atoms with E-state index in [4.69, 9.17) is 9.47 Å². The molecule has 218 valence electrons. The topological polar surface area (TPSA) is 52.6 Å². The van der Waals surface area contributed by atoms with Gasteiger partial charge in [0.2, 0.25) is 0 Å². The Morgan fingerprint density at radius 1 is 0.725 bits per heavy atom. The van der Waals surface area contributed by atoms with E-state index in [2.05, 4.69) is 57.2 Å². The van der Waals surface area contributed by atoms with E-state index in [0.29, 0.717) is 31.4 Å². The van der Waals surface area contributed by atoms with Crippen LogP contribution in [0, 0.1) is 11.8 Å². The minimum absolute atomic E-state index is 0.00894.